The van der Waals surface area contributed by atoms with Crippen LogP contribution in [-0.4, -0.2) is 17.5 Å². The van der Waals surface area contributed by atoms with Gasteiger partial charge < -0.3 is 1.43 Å². The van der Waals surface area contributed by atoms with Gasteiger partial charge in [-0.15, -0.1) is 0 Å². The van der Waals surface area contributed by atoms with Crippen molar-refractivity contribution in [1.82, 2.24) is 0 Å². The van der Waals surface area contributed by atoms with Gasteiger partial charge >= 0.3 is 40.0 Å². The van der Waals surface area contributed by atoms with Crippen LogP contribution >= 0.6 is 0 Å². The molecule has 0 spiro atoms. The Morgan fingerprint density at radius 3 is 1.43 bits per heavy atom. The van der Waals surface area contributed by atoms with Gasteiger partial charge in [-0.3, -0.25) is 9.11 Å². The summed E-state index contributed by atoms with van der Waals surface area (Å²) in [6.45, 7) is 4.24. The average molecular weight is 228 g/mol. The molecule has 0 aliphatic carbocycles. The van der Waals surface area contributed by atoms with Crippen LogP contribution in [0.5, 0.6) is 0 Å². The molecule has 1 aromatic carbocycles. The third-order valence-corrected chi connectivity index (χ3v) is 1.43. The monoisotopic (exact) mass is 228 g/mol. The van der Waals surface area contributed by atoms with Gasteiger partial charge in [0, 0.05) is 0 Å². The van der Waals surface area contributed by atoms with Gasteiger partial charge in [0.05, 0.1) is 0 Å². The second-order valence-corrected chi connectivity index (χ2v) is 3.43. The standard InChI is InChI=1S/C8H10.Na.H2O4S.H/c1-7-5-3-4-6-8(7)2;;1-5(2,3)4;/h3-6H,1-2H3;;(H2,1,2,3,4);/q;+1;;-1. The molecule has 0 saturated carbocycles. The van der Waals surface area contributed by atoms with E-state index in [1.807, 2.05) is 0 Å². The van der Waals surface area contributed by atoms with Crippen molar-refractivity contribution in [2.45, 2.75) is 13.8 Å². The average Bonchev–Trinajstić information content (AvgIpc) is 1.92. The first kappa shape index (κ1) is 16.5. The summed E-state index contributed by atoms with van der Waals surface area (Å²) in [5.41, 5.74) is 2.74. The molecule has 76 valence electrons. The molecular formula is C8H13NaO4S. The molecule has 0 unspecified atom stereocenters. The Bertz CT molecular complexity index is 338. The largest absolute Gasteiger partial charge is 1.00 e. The molecule has 14 heavy (non-hydrogen) atoms. The number of rotatable bonds is 0. The van der Waals surface area contributed by atoms with Gasteiger partial charge in [0.25, 0.3) is 0 Å². The fourth-order valence-corrected chi connectivity index (χ4v) is 0.663. The van der Waals surface area contributed by atoms with E-state index in [1.54, 1.807) is 0 Å². The maximum absolute atomic E-state index is 8.74. The van der Waals surface area contributed by atoms with Crippen LogP contribution in [0.2, 0.25) is 0 Å². The molecule has 0 saturated heterocycles. The van der Waals surface area contributed by atoms with E-state index < -0.39 is 10.4 Å². The normalized spacial score (nSPS) is 9.43. The third-order valence-electron chi connectivity index (χ3n) is 1.43. The quantitative estimate of drug-likeness (QED) is 0.430. The molecule has 0 atom stereocenters. The van der Waals surface area contributed by atoms with Crippen molar-refractivity contribution in [2.24, 2.45) is 0 Å². The topological polar surface area (TPSA) is 74.6 Å². The molecule has 0 heterocycles. The van der Waals surface area contributed by atoms with E-state index in [1.165, 1.54) is 11.1 Å². The van der Waals surface area contributed by atoms with Crippen LogP contribution in [0, 0.1) is 13.8 Å². The molecule has 0 bridgehead atoms. The molecule has 0 amide bonds. The van der Waals surface area contributed by atoms with Crippen LogP contribution in [0.3, 0.4) is 0 Å². The van der Waals surface area contributed by atoms with E-state index in [0.717, 1.165) is 0 Å². The van der Waals surface area contributed by atoms with Crippen molar-refractivity contribution >= 4 is 10.4 Å². The van der Waals surface area contributed by atoms with Gasteiger partial charge in [-0.1, -0.05) is 24.3 Å². The molecule has 1 aromatic rings. The zero-order valence-corrected chi connectivity index (χ0v) is 11.2. The summed E-state index contributed by atoms with van der Waals surface area (Å²) in [5.74, 6) is 0. The van der Waals surface area contributed by atoms with Crippen molar-refractivity contribution < 1.29 is 48.5 Å². The molecule has 6 heteroatoms. The molecule has 2 N–H and O–H groups in total. The van der Waals surface area contributed by atoms with Crippen molar-refractivity contribution in [3.8, 4) is 0 Å². The number of benzene rings is 1. The zero-order valence-electron chi connectivity index (χ0n) is 9.43. The zero-order chi connectivity index (χ0) is 10.5. The minimum atomic E-state index is -4.67. The van der Waals surface area contributed by atoms with E-state index in [4.69, 9.17) is 17.5 Å². The predicted molar refractivity (Wildman–Crippen MR) is 51.2 cm³/mol. The Hall–Kier alpha value is 0.0900. The first-order chi connectivity index (χ1) is 5.80. The fraction of sp³-hybridized carbons (Fsp3) is 0.250. The van der Waals surface area contributed by atoms with E-state index in [9.17, 15) is 0 Å². The molecule has 0 aromatic heterocycles. The third kappa shape index (κ3) is 12.1. The van der Waals surface area contributed by atoms with Gasteiger partial charge in [-0.2, -0.15) is 8.42 Å². The minimum absolute atomic E-state index is 0. The summed E-state index contributed by atoms with van der Waals surface area (Å²) in [6, 6.07) is 8.36. The number of aryl methyl sites for hydroxylation is 2. The maximum Gasteiger partial charge on any atom is 1.00 e. The van der Waals surface area contributed by atoms with Gasteiger partial charge in [0.2, 0.25) is 0 Å². The van der Waals surface area contributed by atoms with Gasteiger partial charge in [0.1, 0.15) is 0 Å². The summed E-state index contributed by atoms with van der Waals surface area (Å²) in [5, 5.41) is 0. The van der Waals surface area contributed by atoms with Crippen LogP contribution in [0.1, 0.15) is 12.6 Å². The Morgan fingerprint density at radius 1 is 1.07 bits per heavy atom. The second-order valence-electron chi connectivity index (χ2n) is 2.53. The second kappa shape index (κ2) is 7.39. The van der Waals surface area contributed by atoms with Crippen molar-refractivity contribution in [1.29, 1.82) is 0 Å². The first-order valence-electron chi connectivity index (χ1n) is 3.53. The summed E-state index contributed by atoms with van der Waals surface area (Å²) in [4.78, 5) is 0. The summed E-state index contributed by atoms with van der Waals surface area (Å²) in [6.07, 6.45) is 0. The molecule has 0 fully saturated rings. The smallest absolute Gasteiger partial charge is 1.00 e. The SMILES string of the molecule is Cc1ccccc1C.O=S(=O)(O)O.[H-].[Na+]. The van der Waals surface area contributed by atoms with Crippen molar-refractivity contribution in [3.05, 3.63) is 35.4 Å². The first-order valence-corrected chi connectivity index (χ1v) is 4.92. The predicted octanol–water partition coefficient (Wildman–Crippen LogP) is -1.23. The maximum atomic E-state index is 8.74. The molecule has 0 radical (unpaired) electrons. The molecule has 0 aliphatic heterocycles. The van der Waals surface area contributed by atoms with Crippen LogP contribution in [0.15, 0.2) is 24.3 Å². The molecule has 0 aliphatic rings. The van der Waals surface area contributed by atoms with Gasteiger partial charge in [-0.25, -0.2) is 0 Å². The summed E-state index contributed by atoms with van der Waals surface area (Å²) in [7, 11) is -4.67. The van der Waals surface area contributed by atoms with Gasteiger partial charge in [-0.05, 0) is 25.0 Å². The number of hydrogen-bond donors (Lipinski definition) is 2. The van der Waals surface area contributed by atoms with Crippen LogP contribution < -0.4 is 29.6 Å². The van der Waals surface area contributed by atoms with E-state index >= 15 is 0 Å². The van der Waals surface area contributed by atoms with Crippen LogP contribution in [0.25, 0.3) is 0 Å². The Kier molecular flexibility index (Phi) is 8.72. The molecule has 4 nitrogen and oxygen atoms in total. The van der Waals surface area contributed by atoms with Crippen molar-refractivity contribution in [3.63, 3.8) is 0 Å². The van der Waals surface area contributed by atoms with Crippen LogP contribution in [-0.2, 0) is 10.4 Å². The molecule has 1 rings (SSSR count). The fourth-order valence-electron chi connectivity index (χ4n) is 0.663. The van der Waals surface area contributed by atoms with E-state index in [-0.39, 0.29) is 31.0 Å². The molecular weight excluding hydrogens is 215 g/mol. The van der Waals surface area contributed by atoms with E-state index in [2.05, 4.69) is 38.1 Å². The summed E-state index contributed by atoms with van der Waals surface area (Å²) >= 11 is 0. The van der Waals surface area contributed by atoms with Gasteiger partial charge in [0.15, 0.2) is 0 Å². The summed E-state index contributed by atoms with van der Waals surface area (Å²) < 4.78 is 31.6. The van der Waals surface area contributed by atoms with Crippen molar-refractivity contribution in [2.75, 3.05) is 0 Å². The van der Waals surface area contributed by atoms with Crippen LogP contribution in [0.4, 0.5) is 0 Å². The Labute approximate surface area is 108 Å². The Balaban J connectivity index is -0.000000185. The van der Waals surface area contributed by atoms with E-state index in [0.29, 0.717) is 0 Å². The minimum Gasteiger partial charge on any atom is -1.00 e. The number of hydrogen-bond acceptors (Lipinski definition) is 2. The Morgan fingerprint density at radius 2 is 1.29 bits per heavy atom.